The van der Waals surface area contributed by atoms with Crippen molar-refractivity contribution in [3.63, 3.8) is 0 Å². The Labute approximate surface area is 127 Å². The van der Waals surface area contributed by atoms with E-state index in [1.54, 1.807) is 20.2 Å². The molecule has 0 fully saturated rings. The van der Waals surface area contributed by atoms with Gasteiger partial charge in [-0.3, -0.25) is 0 Å². The van der Waals surface area contributed by atoms with Gasteiger partial charge in [0.2, 0.25) is 0 Å². The molecule has 0 saturated heterocycles. The zero-order valence-corrected chi connectivity index (χ0v) is 13.6. The molecule has 0 atom stereocenters. The van der Waals surface area contributed by atoms with Gasteiger partial charge < -0.3 is 14.4 Å². The van der Waals surface area contributed by atoms with Crippen LogP contribution in [0, 0.1) is 0 Å². The van der Waals surface area contributed by atoms with Crippen LogP contribution in [-0.4, -0.2) is 44.3 Å². The summed E-state index contributed by atoms with van der Waals surface area (Å²) in [6.07, 6.45) is 8.27. The molecule has 5 nitrogen and oxygen atoms in total. The fraction of sp³-hybridized carbons (Fsp3) is 0.625. The number of unbranched alkanes of at least 4 members (excludes halogenated alkanes) is 2. The average molecular weight is 297 g/mol. The minimum absolute atomic E-state index is 0.149. The summed E-state index contributed by atoms with van der Waals surface area (Å²) in [7, 11) is 3.25. The van der Waals surface area contributed by atoms with Crippen molar-refractivity contribution in [2.45, 2.75) is 39.5 Å². The van der Waals surface area contributed by atoms with E-state index in [1.807, 2.05) is 13.0 Å². The highest BCUT2D eigenvalue weighted by Crippen LogP contribution is 2.04. The molecule has 0 aromatic carbocycles. The third-order valence-electron chi connectivity index (χ3n) is 2.60. The number of amides is 1. The van der Waals surface area contributed by atoms with Crippen LogP contribution < -0.4 is 0 Å². The first-order chi connectivity index (χ1) is 10.0. The number of hydrogen-bond donors (Lipinski definition) is 0. The van der Waals surface area contributed by atoms with Gasteiger partial charge in [0.15, 0.2) is 0 Å². The summed E-state index contributed by atoms with van der Waals surface area (Å²) in [5.41, 5.74) is 0.791. The zero-order valence-electron chi connectivity index (χ0n) is 13.6. The summed E-state index contributed by atoms with van der Waals surface area (Å²) in [5, 5.41) is 0. The molecule has 0 rings (SSSR count). The van der Waals surface area contributed by atoms with Gasteiger partial charge in [0, 0.05) is 20.2 Å². The van der Waals surface area contributed by atoms with Gasteiger partial charge in [0.25, 0.3) is 0 Å². The second-order valence-electron chi connectivity index (χ2n) is 4.87. The molecule has 0 unspecified atom stereocenters. The summed E-state index contributed by atoms with van der Waals surface area (Å²) < 4.78 is 10.1. The summed E-state index contributed by atoms with van der Waals surface area (Å²) in [4.78, 5) is 24.2. The van der Waals surface area contributed by atoms with E-state index in [9.17, 15) is 9.59 Å². The van der Waals surface area contributed by atoms with E-state index >= 15 is 0 Å². The van der Waals surface area contributed by atoms with Gasteiger partial charge in [-0.15, -0.1) is 0 Å². The van der Waals surface area contributed by atoms with Crippen molar-refractivity contribution in [2.75, 3.05) is 27.3 Å². The van der Waals surface area contributed by atoms with Crippen molar-refractivity contribution in [3.05, 3.63) is 23.8 Å². The number of allylic oxidation sites excluding steroid dienone is 1. The van der Waals surface area contributed by atoms with Gasteiger partial charge in [-0.1, -0.05) is 32.8 Å². The SMILES string of the molecule is CCC/C=C(/C=C/C(=O)OCCCC)COC(=O)N(C)C. The number of carbonyl (C=O) groups is 2. The van der Waals surface area contributed by atoms with Crippen LogP contribution in [0.4, 0.5) is 4.79 Å². The Hall–Kier alpha value is -1.78. The smallest absolute Gasteiger partial charge is 0.409 e. The molecule has 120 valence electrons. The van der Waals surface area contributed by atoms with E-state index in [-0.39, 0.29) is 12.6 Å². The third kappa shape index (κ3) is 10.6. The van der Waals surface area contributed by atoms with Crippen LogP contribution in [0.5, 0.6) is 0 Å². The summed E-state index contributed by atoms with van der Waals surface area (Å²) >= 11 is 0. The predicted octanol–water partition coefficient (Wildman–Crippen LogP) is 3.31. The van der Waals surface area contributed by atoms with Crippen LogP contribution in [0.1, 0.15) is 39.5 Å². The highest BCUT2D eigenvalue weighted by molar-refractivity contribution is 5.82. The van der Waals surface area contributed by atoms with Crippen molar-refractivity contribution in [2.24, 2.45) is 0 Å². The predicted molar refractivity (Wildman–Crippen MR) is 83.0 cm³/mol. The molecular formula is C16H27NO4. The Morgan fingerprint density at radius 3 is 2.33 bits per heavy atom. The molecule has 0 aromatic heterocycles. The second-order valence-corrected chi connectivity index (χ2v) is 4.87. The maximum Gasteiger partial charge on any atom is 0.409 e. The van der Waals surface area contributed by atoms with Gasteiger partial charge >= 0.3 is 12.1 Å². The number of rotatable bonds is 9. The van der Waals surface area contributed by atoms with E-state index in [4.69, 9.17) is 9.47 Å². The lowest BCUT2D eigenvalue weighted by molar-refractivity contribution is -0.137. The number of ether oxygens (including phenoxy) is 2. The Balaban J connectivity index is 4.41. The fourth-order valence-corrected chi connectivity index (χ4v) is 1.32. The number of nitrogens with zero attached hydrogens (tertiary/aromatic N) is 1. The lowest BCUT2D eigenvalue weighted by Gasteiger charge is -2.11. The van der Waals surface area contributed by atoms with E-state index in [2.05, 4.69) is 6.92 Å². The van der Waals surface area contributed by atoms with Gasteiger partial charge in [0.1, 0.15) is 6.61 Å². The highest BCUT2D eigenvalue weighted by atomic mass is 16.6. The Bertz CT molecular complexity index is 372. The van der Waals surface area contributed by atoms with Crippen LogP contribution >= 0.6 is 0 Å². The standard InChI is InChI=1S/C16H27NO4/c1-5-7-9-14(13-21-16(19)17(3)4)10-11-15(18)20-12-8-6-2/h9-11H,5-8,12-13H2,1-4H3/b11-10+,14-9-. The first-order valence-electron chi connectivity index (χ1n) is 7.39. The molecule has 0 aliphatic carbocycles. The lowest BCUT2D eigenvalue weighted by Crippen LogP contribution is -2.23. The van der Waals surface area contributed by atoms with E-state index in [0.717, 1.165) is 31.3 Å². The average Bonchev–Trinajstić information content (AvgIpc) is 2.46. The van der Waals surface area contributed by atoms with Crippen molar-refractivity contribution in [3.8, 4) is 0 Å². The molecule has 0 heterocycles. The van der Waals surface area contributed by atoms with Gasteiger partial charge in [-0.2, -0.15) is 0 Å². The molecule has 0 radical (unpaired) electrons. The molecule has 21 heavy (non-hydrogen) atoms. The number of hydrogen-bond acceptors (Lipinski definition) is 4. The van der Waals surface area contributed by atoms with Gasteiger partial charge in [0.05, 0.1) is 6.61 Å². The molecule has 5 heteroatoms. The van der Waals surface area contributed by atoms with Gasteiger partial charge in [-0.25, -0.2) is 9.59 Å². The minimum Gasteiger partial charge on any atom is -0.463 e. The summed E-state index contributed by atoms with van der Waals surface area (Å²) in [5.74, 6) is -0.371. The largest absolute Gasteiger partial charge is 0.463 e. The van der Waals surface area contributed by atoms with Gasteiger partial charge in [-0.05, 0) is 24.5 Å². The van der Waals surface area contributed by atoms with Crippen molar-refractivity contribution in [1.82, 2.24) is 4.90 Å². The molecule has 0 saturated carbocycles. The van der Waals surface area contributed by atoms with E-state index in [0.29, 0.717) is 6.61 Å². The van der Waals surface area contributed by atoms with E-state index < -0.39 is 6.09 Å². The minimum atomic E-state index is -0.406. The molecule has 0 spiro atoms. The van der Waals surface area contributed by atoms with Crippen LogP contribution in [0.2, 0.25) is 0 Å². The monoisotopic (exact) mass is 297 g/mol. The number of esters is 1. The van der Waals surface area contributed by atoms with Crippen LogP contribution in [0.15, 0.2) is 23.8 Å². The normalized spacial score (nSPS) is 11.5. The maximum atomic E-state index is 11.5. The van der Waals surface area contributed by atoms with Crippen LogP contribution in [0.25, 0.3) is 0 Å². The molecular weight excluding hydrogens is 270 g/mol. The summed E-state index contributed by atoms with van der Waals surface area (Å²) in [6.45, 7) is 4.68. The van der Waals surface area contributed by atoms with Crippen molar-refractivity contribution >= 4 is 12.1 Å². The highest BCUT2D eigenvalue weighted by Gasteiger charge is 2.05. The first kappa shape index (κ1) is 19.2. The van der Waals surface area contributed by atoms with Crippen molar-refractivity contribution in [1.29, 1.82) is 0 Å². The Morgan fingerprint density at radius 2 is 1.76 bits per heavy atom. The first-order valence-corrected chi connectivity index (χ1v) is 7.39. The second kappa shape index (κ2) is 12.0. The maximum absolute atomic E-state index is 11.5. The molecule has 0 aliphatic heterocycles. The quantitative estimate of drug-likeness (QED) is 0.283. The zero-order chi connectivity index (χ0) is 16.1. The molecule has 0 N–H and O–H groups in total. The topological polar surface area (TPSA) is 55.8 Å². The molecule has 0 aromatic rings. The molecule has 0 aliphatic rings. The lowest BCUT2D eigenvalue weighted by atomic mass is 10.2. The Kier molecular flexibility index (Phi) is 11.0. The fourth-order valence-electron chi connectivity index (χ4n) is 1.32. The summed E-state index contributed by atoms with van der Waals surface area (Å²) in [6, 6.07) is 0. The van der Waals surface area contributed by atoms with Crippen LogP contribution in [-0.2, 0) is 14.3 Å². The van der Waals surface area contributed by atoms with Crippen LogP contribution in [0.3, 0.4) is 0 Å². The van der Waals surface area contributed by atoms with E-state index in [1.165, 1.54) is 11.0 Å². The number of carbonyl (C=O) groups excluding carboxylic acids is 2. The molecule has 0 bridgehead atoms. The third-order valence-corrected chi connectivity index (χ3v) is 2.60. The van der Waals surface area contributed by atoms with Crippen molar-refractivity contribution < 1.29 is 19.1 Å². The Morgan fingerprint density at radius 1 is 1.05 bits per heavy atom. The molecule has 1 amide bonds.